The third-order valence-corrected chi connectivity index (χ3v) is 4.89. The molecule has 0 aliphatic heterocycles. The second-order valence-electron chi connectivity index (χ2n) is 5.14. The quantitative estimate of drug-likeness (QED) is 0.849. The van der Waals surface area contributed by atoms with Gasteiger partial charge >= 0.3 is 10.2 Å². The van der Waals surface area contributed by atoms with Crippen molar-refractivity contribution < 1.29 is 22.0 Å². The van der Waals surface area contributed by atoms with Crippen LogP contribution in [0, 0.1) is 6.92 Å². The second-order valence-corrected chi connectivity index (χ2v) is 6.73. The van der Waals surface area contributed by atoms with Gasteiger partial charge in [-0.3, -0.25) is 9.10 Å². The molecule has 0 spiro atoms. The Balaban J connectivity index is 2.29. The van der Waals surface area contributed by atoms with E-state index >= 15 is 0 Å². The number of nitrogens with zero attached hydrogens (tertiary/aromatic N) is 2. The average molecular weight is 369 g/mol. The Morgan fingerprint density at radius 1 is 1.20 bits per heavy atom. The van der Waals surface area contributed by atoms with E-state index in [1.165, 1.54) is 12.1 Å². The van der Waals surface area contributed by atoms with Crippen molar-refractivity contribution in [1.82, 2.24) is 9.71 Å². The van der Waals surface area contributed by atoms with Crippen LogP contribution >= 0.6 is 0 Å². The van der Waals surface area contributed by atoms with Crippen LogP contribution in [0.5, 0.6) is 0 Å². The summed E-state index contributed by atoms with van der Waals surface area (Å²) in [5.41, 5.74) is 0.123. The van der Waals surface area contributed by atoms with E-state index in [9.17, 15) is 22.0 Å². The molecule has 0 saturated heterocycles. The van der Waals surface area contributed by atoms with E-state index in [1.807, 2.05) is 4.72 Å². The minimum atomic E-state index is -4.22. The number of aryl methyl sites for hydroxylation is 1. The first-order chi connectivity index (χ1) is 11.8. The number of aromatic nitrogens is 1. The maximum absolute atomic E-state index is 12.7. The van der Waals surface area contributed by atoms with E-state index in [2.05, 4.69) is 4.98 Å². The molecule has 0 radical (unpaired) electrons. The lowest BCUT2D eigenvalue weighted by molar-refractivity contribution is 0.0974. The summed E-state index contributed by atoms with van der Waals surface area (Å²) in [6.45, 7) is 3.44. The number of benzene rings is 1. The van der Waals surface area contributed by atoms with Gasteiger partial charge in [-0.1, -0.05) is 24.3 Å². The molecule has 9 heteroatoms. The summed E-state index contributed by atoms with van der Waals surface area (Å²) in [5, 5.41) is 0. The minimum absolute atomic E-state index is 0.0813. The topological polar surface area (TPSA) is 79.4 Å². The molecule has 2 rings (SSSR count). The highest BCUT2D eigenvalue weighted by atomic mass is 32.2. The zero-order valence-electron chi connectivity index (χ0n) is 13.6. The van der Waals surface area contributed by atoms with Gasteiger partial charge in [0.2, 0.25) is 0 Å². The highest BCUT2D eigenvalue weighted by Gasteiger charge is 2.26. The minimum Gasteiger partial charge on any atom is -0.266 e. The summed E-state index contributed by atoms with van der Waals surface area (Å²) in [5.74, 6) is -1.07. The molecule has 0 atom stereocenters. The maximum atomic E-state index is 12.7. The molecule has 2 aromatic rings. The number of para-hydroxylation sites is 1. The van der Waals surface area contributed by atoms with Gasteiger partial charge in [0.05, 0.1) is 5.69 Å². The second kappa shape index (κ2) is 7.56. The largest absolute Gasteiger partial charge is 0.326 e. The lowest BCUT2D eigenvalue weighted by Crippen LogP contribution is -2.44. The number of alkyl halides is 2. The molecule has 1 amide bonds. The highest BCUT2D eigenvalue weighted by molar-refractivity contribution is 7.91. The first-order valence-corrected chi connectivity index (χ1v) is 8.85. The number of rotatable bonds is 6. The van der Waals surface area contributed by atoms with Crippen molar-refractivity contribution in [2.45, 2.75) is 20.3 Å². The van der Waals surface area contributed by atoms with Gasteiger partial charge in [-0.15, -0.1) is 0 Å². The SMILES string of the molecule is CCN(c1ccccc1C)S(=O)(=O)NC(=O)c1cccc(C(F)F)n1. The Bertz CT molecular complexity index is 872. The molecule has 0 aliphatic carbocycles. The van der Waals surface area contributed by atoms with Gasteiger partial charge in [0.15, 0.2) is 0 Å². The van der Waals surface area contributed by atoms with Gasteiger partial charge < -0.3 is 0 Å². The number of carbonyl (C=O) groups excluding carboxylic acids is 1. The molecule has 1 heterocycles. The van der Waals surface area contributed by atoms with Crippen LogP contribution in [0.2, 0.25) is 0 Å². The van der Waals surface area contributed by atoms with Crippen molar-refractivity contribution in [1.29, 1.82) is 0 Å². The van der Waals surface area contributed by atoms with E-state index in [0.717, 1.165) is 10.4 Å². The Hall–Kier alpha value is -2.55. The predicted octanol–water partition coefficient (Wildman–Crippen LogP) is 2.83. The van der Waals surface area contributed by atoms with Gasteiger partial charge in [-0.2, -0.15) is 8.42 Å². The van der Waals surface area contributed by atoms with Crippen LogP contribution in [0.4, 0.5) is 14.5 Å². The fourth-order valence-corrected chi connectivity index (χ4v) is 3.49. The zero-order valence-corrected chi connectivity index (χ0v) is 14.4. The Morgan fingerprint density at radius 3 is 2.48 bits per heavy atom. The third-order valence-electron chi connectivity index (χ3n) is 3.41. The van der Waals surface area contributed by atoms with E-state index < -0.39 is 33.9 Å². The van der Waals surface area contributed by atoms with Crippen molar-refractivity contribution in [3.8, 4) is 0 Å². The first-order valence-electron chi connectivity index (χ1n) is 7.41. The number of hydrogen-bond acceptors (Lipinski definition) is 4. The number of pyridine rings is 1. The molecule has 0 unspecified atom stereocenters. The van der Waals surface area contributed by atoms with Gasteiger partial charge in [-0.25, -0.2) is 18.5 Å². The monoisotopic (exact) mass is 369 g/mol. The summed E-state index contributed by atoms with van der Waals surface area (Å²) < 4.78 is 53.3. The van der Waals surface area contributed by atoms with Crippen LogP contribution < -0.4 is 9.03 Å². The van der Waals surface area contributed by atoms with Crippen LogP contribution in [-0.2, 0) is 10.2 Å². The molecule has 25 heavy (non-hydrogen) atoms. The summed E-state index contributed by atoms with van der Waals surface area (Å²) in [4.78, 5) is 15.6. The number of amides is 1. The van der Waals surface area contributed by atoms with Crippen molar-refractivity contribution in [2.24, 2.45) is 0 Å². The van der Waals surface area contributed by atoms with Gasteiger partial charge in [0.1, 0.15) is 11.4 Å². The zero-order chi connectivity index (χ0) is 18.6. The Labute approximate surface area is 144 Å². The van der Waals surface area contributed by atoms with Gasteiger partial charge in [0, 0.05) is 6.54 Å². The van der Waals surface area contributed by atoms with Crippen LogP contribution in [0.3, 0.4) is 0 Å². The van der Waals surface area contributed by atoms with Crippen molar-refractivity contribution >= 4 is 21.8 Å². The Morgan fingerprint density at radius 2 is 1.88 bits per heavy atom. The fraction of sp³-hybridized carbons (Fsp3) is 0.250. The molecular weight excluding hydrogens is 352 g/mol. The number of carbonyl (C=O) groups is 1. The average Bonchev–Trinajstić information content (AvgIpc) is 2.56. The lowest BCUT2D eigenvalue weighted by atomic mass is 10.2. The molecule has 0 bridgehead atoms. The lowest BCUT2D eigenvalue weighted by Gasteiger charge is -2.24. The number of halogens is 2. The van der Waals surface area contributed by atoms with Gasteiger partial charge in [0.25, 0.3) is 12.3 Å². The number of nitrogens with one attached hydrogen (secondary N) is 1. The maximum Gasteiger partial charge on any atom is 0.326 e. The predicted molar refractivity (Wildman–Crippen MR) is 89.8 cm³/mol. The summed E-state index contributed by atoms with van der Waals surface area (Å²) >= 11 is 0. The van der Waals surface area contributed by atoms with Crippen molar-refractivity contribution in [3.63, 3.8) is 0 Å². The van der Waals surface area contributed by atoms with E-state index in [4.69, 9.17) is 0 Å². The third kappa shape index (κ3) is 4.30. The van der Waals surface area contributed by atoms with Crippen molar-refractivity contribution in [2.75, 3.05) is 10.8 Å². The fourth-order valence-electron chi connectivity index (χ4n) is 2.24. The smallest absolute Gasteiger partial charge is 0.266 e. The van der Waals surface area contributed by atoms with Crippen LogP contribution in [-0.4, -0.2) is 25.9 Å². The normalized spacial score (nSPS) is 11.4. The van der Waals surface area contributed by atoms with E-state index in [1.54, 1.807) is 38.1 Å². The highest BCUT2D eigenvalue weighted by Crippen LogP contribution is 2.22. The van der Waals surface area contributed by atoms with Crippen molar-refractivity contribution in [3.05, 3.63) is 59.4 Å². The molecule has 6 nitrogen and oxygen atoms in total. The summed E-state index contributed by atoms with van der Waals surface area (Å²) in [6.07, 6.45) is -2.86. The molecule has 1 aromatic carbocycles. The molecule has 134 valence electrons. The van der Waals surface area contributed by atoms with E-state index in [-0.39, 0.29) is 6.54 Å². The molecule has 0 saturated carbocycles. The van der Waals surface area contributed by atoms with Crippen LogP contribution in [0.25, 0.3) is 0 Å². The Kier molecular flexibility index (Phi) is 5.68. The van der Waals surface area contributed by atoms with Crippen LogP contribution in [0.1, 0.15) is 35.1 Å². The molecule has 0 fully saturated rings. The molecule has 1 aromatic heterocycles. The molecule has 0 aliphatic rings. The first kappa shape index (κ1) is 18.8. The van der Waals surface area contributed by atoms with Crippen LogP contribution in [0.15, 0.2) is 42.5 Å². The summed E-state index contributed by atoms with van der Waals surface area (Å²) in [7, 11) is -4.22. The summed E-state index contributed by atoms with van der Waals surface area (Å²) in [6, 6.07) is 10.2. The standard InChI is InChI=1S/C16H17F2N3O3S/c1-3-21(14-10-5-4-7-11(14)2)25(23,24)20-16(22)13-9-6-8-12(19-13)15(17)18/h4-10,15H,3H2,1-2H3,(H,20,22). The molecule has 1 N–H and O–H groups in total. The number of anilines is 1. The molecular formula is C16H17F2N3O3S. The van der Waals surface area contributed by atoms with E-state index in [0.29, 0.717) is 11.3 Å². The van der Waals surface area contributed by atoms with Gasteiger partial charge in [-0.05, 0) is 37.6 Å². The number of hydrogen-bond donors (Lipinski definition) is 1.